The molecule has 1 aromatic rings. The maximum atomic E-state index is 12.0. The number of alkyl halides is 1. The number of benzene rings is 1. The Hall–Kier alpha value is -1.66. The zero-order chi connectivity index (χ0) is 15.1. The molecule has 1 aromatic carbocycles. The first kappa shape index (κ1) is 16.4. The number of carbonyl (C=O) groups excluding carboxylic acids is 1. The van der Waals surface area contributed by atoms with Gasteiger partial charge in [0.25, 0.3) is 11.6 Å². The monoisotopic (exact) mass is 300 g/mol. The Morgan fingerprint density at radius 3 is 2.85 bits per heavy atom. The van der Waals surface area contributed by atoms with E-state index in [4.69, 9.17) is 16.3 Å². The number of rotatable bonds is 7. The molecule has 110 valence electrons. The number of amides is 1. The van der Waals surface area contributed by atoms with Crippen molar-refractivity contribution in [2.45, 2.75) is 18.7 Å². The molecule has 6 nitrogen and oxygen atoms in total. The zero-order valence-corrected chi connectivity index (χ0v) is 12.1. The third kappa shape index (κ3) is 4.47. The molecule has 0 heterocycles. The van der Waals surface area contributed by atoms with Crippen LogP contribution in [0, 0.1) is 17.0 Å². The lowest BCUT2D eigenvalue weighted by molar-refractivity contribution is -0.385. The van der Waals surface area contributed by atoms with Gasteiger partial charge in [0.2, 0.25) is 0 Å². The zero-order valence-electron chi connectivity index (χ0n) is 11.4. The number of nitro benzene ring substituents is 1. The largest absolute Gasteiger partial charge is 0.383 e. The molecule has 0 aliphatic heterocycles. The SMILES string of the molecule is COCC(Cl)CCNC(=O)c1cccc([N+](=O)[O-])c1C. The maximum absolute atomic E-state index is 12.0. The van der Waals surface area contributed by atoms with Crippen molar-refractivity contribution in [1.82, 2.24) is 5.32 Å². The molecule has 0 saturated carbocycles. The number of halogens is 1. The number of methoxy groups -OCH3 is 1. The Labute approximate surface area is 122 Å². The van der Waals surface area contributed by atoms with Crippen LogP contribution in [0.4, 0.5) is 5.69 Å². The third-order valence-electron chi connectivity index (χ3n) is 2.84. The second kappa shape index (κ2) is 7.81. The van der Waals surface area contributed by atoms with Gasteiger partial charge in [0.15, 0.2) is 0 Å². The summed E-state index contributed by atoms with van der Waals surface area (Å²) in [5.74, 6) is -0.340. The van der Waals surface area contributed by atoms with Crippen molar-refractivity contribution >= 4 is 23.2 Å². The van der Waals surface area contributed by atoms with E-state index < -0.39 is 4.92 Å². The maximum Gasteiger partial charge on any atom is 0.273 e. The van der Waals surface area contributed by atoms with Gasteiger partial charge in [0.1, 0.15) is 0 Å². The van der Waals surface area contributed by atoms with E-state index in [1.165, 1.54) is 12.1 Å². The second-order valence-electron chi connectivity index (χ2n) is 4.30. The molecular formula is C13H17ClN2O4. The first-order valence-corrected chi connectivity index (χ1v) is 6.56. The van der Waals surface area contributed by atoms with Crippen LogP contribution < -0.4 is 5.32 Å². The fourth-order valence-corrected chi connectivity index (χ4v) is 2.00. The molecule has 0 bridgehead atoms. The summed E-state index contributed by atoms with van der Waals surface area (Å²) < 4.78 is 4.89. The highest BCUT2D eigenvalue weighted by Gasteiger charge is 2.17. The van der Waals surface area contributed by atoms with E-state index in [9.17, 15) is 14.9 Å². The number of hydrogen-bond acceptors (Lipinski definition) is 4. The highest BCUT2D eigenvalue weighted by atomic mass is 35.5. The van der Waals surface area contributed by atoms with Crippen molar-refractivity contribution < 1.29 is 14.5 Å². The van der Waals surface area contributed by atoms with E-state index in [2.05, 4.69) is 5.32 Å². The van der Waals surface area contributed by atoms with E-state index in [1.54, 1.807) is 20.1 Å². The van der Waals surface area contributed by atoms with E-state index in [-0.39, 0.29) is 17.0 Å². The second-order valence-corrected chi connectivity index (χ2v) is 4.92. The highest BCUT2D eigenvalue weighted by molar-refractivity contribution is 6.20. The number of ether oxygens (including phenoxy) is 1. The Kier molecular flexibility index (Phi) is 6.41. The van der Waals surface area contributed by atoms with Crippen molar-refractivity contribution in [2.75, 3.05) is 20.3 Å². The minimum atomic E-state index is -0.501. The van der Waals surface area contributed by atoms with Crippen LogP contribution in [0.25, 0.3) is 0 Å². The van der Waals surface area contributed by atoms with Gasteiger partial charge < -0.3 is 10.1 Å². The van der Waals surface area contributed by atoms with Crippen LogP contribution >= 0.6 is 11.6 Å². The van der Waals surface area contributed by atoms with Crippen LogP contribution in [0.1, 0.15) is 22.3 Å². The normalized spacial score (nSPS) is 11.9. The molecule has 1 rings (SSSR count). The van der Waals surface area contributed by atoms with Crippen molar-refractivity contribution in [2.24, 2.45) is 0 Å². The Bertz CT molecular complexity index is 493. The van der Waals surface area contributed by atoms with Gasteiger partial charge in [-0.15, -0.1) is 11.6 Å². The van der Waals surface area contributed by atoms with Gasteiger partial charge in [-0.2, -0.15) is 0 Å². The smallest absolute Gasteiger partial charge is 0.273 e. The summed E-state index contributed by atoms with van der Waals surface area (Å²) in [6, 6.07) is 4.43. The molecule has 1 N–H and O–H groups in total. The van der Waals surface area contributed by atoms with Crippen molar-refractivity contribution in [3.8, 4) is 0 Å². The van der Waals surface area contributed by atoms with Gasteiger partial charge in [0.05, 0.1) is 16.9 Å². The molecule has 0 saturated heterocycles. The lowest BCUT2D eigenvalue weighted by Gasteiger charge is -2.10. The summed E-state index contributed by atoms with van der Waals surface area (Å²) >= 11 is 5.94. The number of hydrogen-bond donors (Lipinski definition) is 1. The number of nitrogens with zero attached hydrogens (tertiary/aromatic N) is 1. The van der Waals surface area contributed by atoms with Crippen molar-refractivity contribution in [1.29, 1.82) is 0 Å². The molecule has 0 aliphatic rings. The Balaban J connectivity index is 2.64. The summed E-state index contributed by atoms with van der Waals surface area (Å²) in [5, 5.41) is 13.3. The molecule has 7 heteroatoms. The van der Waals surface area contributed by atoms with Crippen molar-refractivity contribution in [3.63, 3.8) is 0 Å². The van der Waals surface area contributed by atoms with Crippen LogP contribution in [-0.4, -0.2) is 36.5 Å². The molecule has 0 fully saturated rings. The topological polar surface area (TPSA) is 81.5 Å². The number of nitro groups is 1. The van der Waals surface area contributed by atoms with E-state index in [1.807, 2.05) is 0 Å². The lowest BCUT2D eigenvalue weighted by atomic mass is 10.1. The summed E-state index contributed by atoms with van der Waals surface area (Å²) in [4.78, 5) is 22.3. The van der Waals surface area contributed by atoms with Gasteiger partial charge in [-0.05, 0) is 19.4 Å². The van der Waals surface area contributed by atoms with Crippen LogP contribution in [0.3, 0.4) is 0 Å². The summed E-state index contributed by atoms with van der Waals surface area (Å²) in [6.07, 6.45) is 0.565. The number of carbonyl (C=O) groups is 1. The first-order chi connectivity index (χ1) is 9.47. The molecule has 0 spiro atoms. The quantitative estimate of drug-likeness (QED) is 0.476. The standard InChI is InChI=1S/C13H17ClN2O4/c1-9-11(4-3-5-12(9)16(18)19)13(17)15-7-6-10(14)8-20-2/h3-5,10H,6-8H2,1-2H3,(H,15,17). The van der Waals surface area contributed by atoms with Gasteiger partial charge >= 0.3 is 0 Å². The predicted octanol–water partition coefficient (Wildman–Crippen LogP) is 2.28. The summed E-state index contributed by atoms with van der Waals surface area (Å²) in [7, 11) is 1.56. The molecule has 0 radical (unpaired) electrons. The molecule has 1 atom stereocenters. The predicted molar refractivity (Wildman–Crippen MR) is 76.3 cm³/mol. The molecule has 1 unspecified atom stereocenters. The molecule has 0 aliphatic carbocycles. The summed E-state index contributed by atoms with van der Waals surface area (Å²) in [5.41, 5.74) is 0.596. The average Bonchev–Trinajstić information content (AvgIpc) is 2.38. The van der Waals surface area contributed by atoms with Crippen LogP contribution in [0.5, 0.6) is 0 Å². The molecular weight excluding hydrogens is 284 g/mol. The van der Waals surface area contributed by atoms with E-state index >= 15 is 0 Å². The Morgan fingerprint density at radius 1 is 1.55 bits per heavy atom. The van der Waals surface area contributed by atoms with Gasteiger partial charge in [0, 0.05) is 30.8 Å². The van der Waals surface area contributed by atoms with Gasteiger partial charge in [-0.3, -0.25) is 14.9 Å². The summed E-state index contributed by atoms with van der Waals surface area (Å²) in [6.45, 7) is 2.36. The fraction of sp³-hybridized carbons (Fsp3) is 0.462. The number of nitrogens with one attached hydrogen (secondary N) is 1. The highest BCUT2D eigenvalue weighted by Crippen LogP contribution is 2.20. The minimum Gasteiger partial charge on any atom is -0.383 e. The first-order valence-electron chi connectivity index (χ1n) is 6.12. The average molecular weight is 301 g/mol. The molecule has 1 amide bonds. The fourth-order valence-electron chi connectivity index (χ4n) is 1.77. The van der Waals surface area contributed by atoms with E-state index in [0.717, 1.165) is 0 Å². The van der Waals surface area contributed by atoms with Gasteiger partial charge in [-0.25, -0.2) is 0 Å². The van der Waals surface area contributed by atoms with Crippen LogP contribution in [-0.2, 0) is 4.74 Å². The van der Waals surface area contributed by atoms with Gasteiger partial charge in [-0.1, -0.05) is 6.07 Å². The van der Waals surface area contributed by atoms with E-state index in [0.29, 0.717) is 30.7 Å². The minimum absolute atomic E-state index is 0.0627. The molecule has 20 heavy (non-hydrogen) atoms. The lowest BCUT2D eigenvalue weighted by Crippen LogP contribution is -2.27. The molecule has 0 aromatic heterocycles. The van der Waals surface area contributed by atoms with Crippen molar-refractivity contribution in [3.05, 3.63) is 39.4 Å². The third-order valence-corrected chi connectivity index (χ3v) is 3.18. The van der Waals surface area contributed by atoms with Crippen LogP contribution in [0.15, 0.2) is 18.2 Å². The van der Waals surface area contributed by atoms with Crippen LogP contribution in [0.2, 0.25) is 0 Å². The Morgan fingerprint density at radius 2 is 2.25 bits per heavy atom.